The SMILES string of the molecule is O=C(CN1CCC(O)CC1)c1ccc(Cl)s1. The molecule has 0 saturated carbocycles. The molecule has 3 nitrogen and oxygen atoms in total. The van der Waals surface area contributed by atoms with E-state index in [1.165, 1.54) is 11.3 Å². The second-order valence-electron chi connectivity index (χ2n) is 4.03. The third kappa shape index (κ3) is 3.04. The van der Waals surface area contributed by atoms with Crippen LogP contribution in [0.3, 0.4) is 0 Å². The molecule has 0 aliphatic carbocycles. The fourth-order valence-electron chi connectivity index (χ4n) is 1.82. The molecule has 1 aromatic rings. The maximum Gasteiger partial charge on any atom is 0.186 e. The summed E-state index contributed by atoms with van der Waals surface area (Å²) in [5.41, 5.74) is 0. The van der Waals surface area contributed by atoms with Crippen LogP contribution in [-0.4, -0.2) is 41.5 Å². The smallest absolute Gasteiger partial charge is 0.186 e. The molecule has 1 saturated heterocycles. The van der Waals surface area contributed by atoms with E-state index in [1.807, 2.05) is 0 Å². The minimum Gasteiger partial charge on any atom is -0.393 e. The fourth-order valence-corrected chi connectivity index (χ4v) is 2.80. The van der Waals surface area contributed by atoms with Gasteiger partial charge in [0, 0.05) is 13.1 Å². The molecule has 5 heteroatoms. The normalized spacial score (nSPS) is 18.9. The van der Waals surface area contributed by atoms with E-state index in [2.05, 4.69) is 4.90 Å². The van der Waals surface area contributed by atoms with Crippen molar-refractivity contribution in [3.05, 3.63) is 21.3 Å². The van der Waals surface area contributed by atoms with Crippen molar-refractivity contribution in [1.29, 1.82) is 0 Å². The summed E-state index contributed by atoms with van der Waals surface area (Å²) in [5.74, 6) is 0.119. The molecule has 0 spiro atoms. The molecule has 0 atom stereocenters. The van der Waals surface area contributed by atoms with Crippen molar-refractivity contribution in [3.8, 4) is 0 Å². The van der Waals surface area contributed by atoms with Crippen LogP contribution in [0.25, 0.3) is 0 Å². The first-order chi connectivity index (χ1) is 7.65. The molecule has 2 heterocycles. The molecule has 1 aliphatic rings. The number of likely N-dealkylation sites (tertiary alicyclic amines) is 1. The van der Waals surface area contributed by atoms with E-state index in [1.54, 1.807) is 12.1 Å². The Morgan fingerprint density at radius 1 is 1.50 bits per heavy atom. The zero-order valence-electron chi connectivity index (χ0n) is 8.86. The van der Waals surface area contributed by atoms with Crippen molar-refractivity contribution in [2.75, 3.05) is 19.6 Å². The average Bonchev–Trinajstić information content (AvgIpc) is 2.68. The summed E-state index contributed by atoms with van der Waals surface area (Å²) < 4.78 is 0.650. The van der Waals surface area contributed by atoms with E-state index < -0.39 is 0 Å². The zero-order chi connectivity index (χ0) is 11.5. The van der Waals surface area contributed by atoms with Gasteiger partial charge in [0.2, 0.25) is 0 Å². The van der Waals surface area contributed by atoms with Crippen LogP contribution in [-0.2, 0) is 0 Å². The number of rotatable bonds is 3. The number of carbonyl (C=O) groups is 1. The number of hydrogen-bond acceptors (Lipinski definition) is 4. The van der Waals surface area contributed by atoms with Crippen LogP contribution in [0, 0.1) is 0 Å². The van der Waals surface area contributed by atoms with Gasteiger partial charge in [0.05, 0.1) is 21.9 Å². The van der Waals surface area contributed by atoms with Crippen LogP contribution in [0.5, 0.6) is 0 Å². The third-order valence-corrected chi connectivity index (χ3v) is 4.04. The summed E-state index contributed by atoms with van der Waals surface area (Å²) >= 11 is 7.11. The molecule has 1 aromatic heterocycles. The van der Waals surface area contributed by atoms with E-state index in [0.717, 1.165) is 30.8 Å². The Balaban J connectivity index is 1.88. The Bertz CT molecular complexity index is 372. The van der Waals surface area contributed by atoms with Gasteiger partial charge in [-0.3, -0.25) is 9.69 Å². The quantitative estimate of drug-likeness (QED) is 0.845. The molecule has 88 valence electrons. The number of aliphatic hydroxyl groups is 1. The van der Waals surface area contributed by atoms with E-state index in [9.17, 15) is 9.90 Å². The monoisotopic (exact) mass is 259 g/mol. The average molecular weight is 260 g/mol. The Morgan fingerprint density at radius 3 is 2.75 bits per heavy atom. The summed E-state index contributed by atoms with van der Waals surface area (Å²) in [6.45, 7) is 2.03. The molecule has 1 N–H and O–H groups in total. The number of halogens is 1. The fraction of sp³-hybridized carbons (Fsp3) is 0.545. The molecule has 0 aromatic carbocycles. The lowest BCUT2D eigenvalue weighted by atomic mass is 10.1. The topological polar surface area (TPSA) is 40.5 Å². The molecule has 16 heavy (non-hydrogen) atoms. The number of piperidine rings is 1. The molecule has 0 amide bonds. The third-order valence-electron chi connectivity index (χ3n) is 2.77. The molecule has 0 radical (unpaired) electrons. The summed E-state index contributed by atoms with van der Waals surface area (Å²) in [5, 5.41) is 9.35. The highest BCUT2D eigenvalue weighted by molar-refractivity contribution is 7.18. The van der Waals surface area contributed by atoms with Gasteiger partial charge in [0.25, 0.3) is 0 Å². The second-order valence-corrected chi connectivity index (χ2v) is 5.75. The van der Waals surface area contributed by atoms with E-state index in [0.29, 0.717) is 10.9 Å². The van der Waals surface area contributed by atoms with Gasteiger partial charge in [0.1, 0.15) is 0 Å². The van der Waals surface area contributed by atoms with Gasteiger partial charge in [0.15, 0.2) is 5.78 Å². The zero-order valence-corrected chi connectivity index (χ0v) is 10.4. The minimum atomic E-state index is -0.192. The highest BCUT2D eigenvalue weighted by Gasteiger charge is 2.20. The van der Waals surface area contributed by atoms with E-state index >= 15 is 0 Å². The predicted octanol–water partition coefficient (Wildman–Crippen LogP) is 2.04. The number of ketones is 1. The number of thiophene rings is 1. The summed E-state index contributed by atoms with van der Waals surface area (Å²) in [6.07, 6.45) is 1.33. The molecule has 1 aliphatic heterocycles. The standard InChI is InChI=1S/C11H14ClNO2S/c12-11-2-1-10(16-11)9(15)7-13-5-3-8(14)4-6-13/h1-2,8,14H,3-7H2. The number of hydrogen-bond donors (Lipinski definition) is 1. The van der Waals surface area contributed by atoms with E-state index in [4.69, 9.17) is 11.6 Å². The van der Waals surface area contributed by atoms with Gasteiger partial charge >= 0.3 is 0 Å². The molecular weight excluding hydrogens is 246 g/mol. The van der Waals surface area contributed by atoms with Crippen LogP contribution < -0.4 is 0 Å². The highest BCUT2D eigenvalue weighted by atomic mass is 35.5. The van der Waals surface area contributed by atoms with Crippen molar-refractivity contribution >= 4 is 28.7 Å². The lowest BCUT2D eigenvalue weighted by Gasteiger charge is -2.28. The van der Waals surface area contributed by atoms with Gasteiger partial charge in [-0.25, -0.2) is 0 Å². The molecule has 0 bridgehead atoms. The van der Waals surface area contributed by atoms with Crippen LogP contribution in [0.2, 0.25) is 4.34 Å². The van der Waals surface area contributed by atoms with Crippen LogP contribution in [0.4, 0.5) is 0 Å². The van der Waals surface area contributed by atoms with Gasteiger partial charge in [-0.15, -0.1) is 11.3 Å². The van der Waals surface area contributed by atoms with Crippen molar-refractivity contribution in [1.82, 2.24) is 4.90 Å². The number of nitrogens with zero attached hydrogens (tertiary/aromatic N) is 1. The van der Waals surface area contributed by atoms with Gasteiger partial charge < -0.3 is 5.11 Å². The lowest BCUT2D eigenvalue weighted by Crippen LogP contribution is -2.38. The molecule has 1 fully saturated rings. The number of Topliss-reactive ketones (excluding diaryl/α,β-unsaturated/α-hetero) is 1. The second kappa shape index (κ2) is 5.27. The number of aliphatic hydroxyl groups excluding tert-OH is 1. The predicted molar refractivity (Wildman–Crippen MR) is 65.3 cm³/mol. The first-order valence-corrected chi connectivity index (χ1v) is 6.53. The van der Waals surface area contributed by atoms with Gasteiger partial charge in [-0.1, -0.05) is 11.6 Å². The largest absolute Gasteiger partial charge is 0.393 e. The van der Waals surface area contributed by atoms with Crippen molar-refractivity contribution in [2.45, 2.75) is 18.9 Å². The lowest BCUT2D eigenvalue weighted by molar-refractivity contribution is 0.0713. The van der Waals surface area contributed by atoms with Crippen molar-refractivity contribution < 1.29 is 9.90 Å². The van der Waals surface area contributed by atoms with Gasteiger partial charge in [-0.05, 0) is 25.0 Å². The molecular formula is C11H14ClNO2S. The van der Waals surface area contributed by atoms with Crippen molar-refractivity contribution in [2.24, 2.45) is 0 Å². The Kier molecular flexibility index (Phi) is 3.97. The number of carbonyl (C=O) groups excluding carboxylic acids is 1. The Labute approximate surface area is 104 Å². The van der Waals surface area contributed by atoms with Crippen LogP contribution >= 0.6 is 22.9 Å². The van der Waals surface area contributed by atoms with Gasteiger partial charge in [-0.2, -0.15) is 0 Å². The maximum atomic E-state index is 11.9. The van der Waals surface area contributed by atoms with E-state index in [-0.39, 0.29) is 11.9 Å². The molecule has 2 rings (SSSR count). The molecule has 0 unspecified atom stereocenters. The van der Waals surface area contributed by atoms with Crippen LogP contribution in [0.1, 0.15) is 22.5 Å². The maximum absolute atomic E-state index is 11.9. The van der Waals surface area contributed by atoms with Crippen LogP contribution in [0.15, 0.2) is 12.1 Å². The first-order valence-electron chi connectivity index (χ1n) is 5.34. The highest BCUT2D eigenvalue weighted by Crippen LogP contribution is 2.22. The Hall–Kier alpha value is -0.420. The Morgan fingerprint density at radius 2 is 2.19 bits per heavy atom. The first kappa shape index (κ1) is 12.0. The summed E-state index contributed by atoms with van der Waals surface area (Å²) in [7, 11) is 0. The minimum absolute atomic E-state index is 0.119. The summed E-state index contributed by atoms with van der Waals surface area (Å²) in [4.78, 5) is 14.7. The van der Waals surface area contributed by atoms with Crippen molar-refractivity contribution in [3.63, 3.8) is 0 Å². The summed E-state index contributed by atoms with van der Waals surface area (Å²) in [6, 6.07) is 3.52.